The lowest BCUT2D eigenvalue weighted by Crippen LogP contribution is -2.32. The van der Waals surface area contributed by atoms with E-state index < -0.39 is 11.7 Å². The molecular weight excluding hydrogens is 558 g/mol. The first-order valence-corrected chi connectivity index (χ1v) is 13.5. The summed E-state index contributed by atoms with van der Waals surface area (Å²) in [5.74, 6) is 1.29. The van der Waals surface area contributed by atoms with Crippen molar-refractivity contribution in [3.8, 4) is 34.0 Å². The van der Waals surface area contributed by atoms with Crippen molar-refractivity contribution >= 4 is 26.8 Å². The van der Waals surface area contributed by atoms with Crippen molar-refractivity contribution in [2.24, 2.45) is 0 Å². The van der Waals surface area contributed by atoms with Gasteiger partial charge in [-0.05, 0) is 54.4 Å². The number of aliphatic hydroxyl groups is 1. The van der Waals surface area contributed by atoms with Crippen LogP contribution in [0.2, 0.25) is 0 Å². The van der Waals surface area contributed by atoms with Gasteiger partial charge < -0.3 is 19.3 Å². The number of ether oxygens (including phenoxy) is 3. The molecule has 5 aromatic rings. The summed E-state index contributed by atoms with van der Waals surface area (Å²) in [5.41, 5.74) is 5.73. The molecule has 0 saturated heterocycles. The summed E-state index contributed by atoms with van der Waals surface area (Å²) in [7, 11) is 3.27. The van der Waals surface area contributed by atoms with Crippen LogP contribution in [0, 0.1) is 0 Å². The van der Waals surface area contributed by atoms with Crippen LogP contribution in [0.4, 0.5) is 0 Å². The first-order valence-electron chi connectivity index (χ1n) is 12.7. The van der Waals surface area contributed by atoms with Crippen LogP contribution in [0.1, 0.15) is 18.1 Å². The van der Waals surface area contributed by atoms with Gasteiger partial charge in [-0.2, -0.15) is 5.10 Å². The smallest absolute Gasteiger partial charge is 0.220 e. The van der Waals surface area contributed by atoms with Gasteiger partial charge in [0.1, 0.15) is 11.4 Å². The van der Waals surface area contributed by atoms with E-state index in [1.165, 1.54) is 0 Å². The number of aliphatic hydroxyl groups excluding tert-OH is 1. The zero-order chi connectivity index (χ0) is 27.1. The molecule has 2 atom stereocenters. The molecule has 0 saturated carbocycles. The average Bonchev–Trinajstić information content (AvgIpc) is 3.53. The number of nitrogens with zero attached hydrogens (tertiary/aromatic N) is 3. The number of rotatable bonds is 8. The Labute approximate surface area is 235 Å². The van der Waals surface area contributed by atoms with Crippen LogP contribution < -0.4 is 9.47 Å². The third kappa shape index (κ3) is 4.48. The summed E-state index contributed by atoms with van der Waals surface area (Å²) in [5, 5.41) is 16.7. The van der Waals surface area contributed by atoms with Gasteiger partial charge in [0.15, 0.2) is 0 Å². The van der Waals surface area contributed by atoms with Gasteiger partial charge in [-0.1, -0.05) is 52.3 Å². The second-order valence-electron chi connectivity index (χ2n) is 9.73. The van der Waals surface area contributed by atoms with Crippen LogP contribution in [-0.4, -0.2) is 46.8 Å². The van der Waals surface area contributed by atoms with Crippen molar-refractivity contribution in [2.45, 2.75) is 25.2 Å². The average molecular weight is 586 g/mol. The van der Waals surface area contributed by atoms with E-state index in [1.54, 1.807) is 18.9 Å². The maximum atomic E-state index is 11.0. The molecule has 0 radical (unpaired) electrons. The first-order chi connectivity index (χ1) is 18.9. The van der Waals surface area contributed by atoms with Crippen LogP contribution in [0.15, 0.2) is 83.5 Å². The summed E-state index contributed by atoms with van der Waals surface area (Å²) in [6.45, 7) is 2.40. The van der Waals surface area contributed by atoms with Gasteiger partial charge in [0.05, 0.1) is 50.2 Å². The highest BCUT2D eigenvalue weighted by Gasteiger charge is 2.45. The van der Waals surface area contributed by atoms with E-state index in [-0.39, 0.29) is 13.2 Å². The highest BCUT2D eigenvalue weighted by atomic mass is 79.9. The van der Waals surface area contributed by atoms with Gasteiger partial charge in [-0.15, -0.1) is 0 Å². The normalized spacial score (nSPS) is 16.6. The Balaban J connectivity index is 1.29. The number of hydrogen-bond acceptors (Lipinski definition) is 6. The lowest BCUT2D eigenvalue weighted by atomic mass is 9.93. The quantitative estimate of drug-likeness (QED) is 0.233. The van der Waals surface area contributed by atoms with Gasteiger partial charge in [0, 0.05) is 27.2 Å². The van der Waals surface area contributed by atoms with Crippen molar-refractivity contribution in [3.05, 3.63) is 94.6 Å². The lowest BCUT2D eigenvalue weighted by molar-refractivity contribution is -0.0535. The van der Waals surface area contributed by atoms with E-state index in [1.807, 2.05) is 67.7 Å². The molecule has 0 spiro atoms. The largest absolute Gasteiger partial charge is 0.497 e. The highest BCUT2D eigenvalue weighted by molar-refractivity contribution is 9.10. The van der Waals surface area contributed by atoms with E-state index in [9.17, 15) is 5.11 Å². The van der Waals surface area contributed by atoms with Crippen LogP contribution >= 0.6 is 15.9 Å². The summed E-state index contributed by atoms with van der Waals surface area (Å²) in [4.78, 5) is 4.82. The Morgan fingerprint density at radius 2 is 1.85 bits per heavy atom. The molecule has 198 valence electrons. The Kier molecular flexibility index (Phi) is 6.62. The van der Waals surface area contributed by atoms with Gasteiger partial charge in [0.2, 0.25) is 5.88 Å². The monoisotopic (exact) mass is 585 g/mol. The first kappa shape index (κ1) is 25.6. The van der Waals surface area contributed by atoms with Crippen molar-refractivity contribution < 1.29 is 19.3 Å². The van der Waals surface area contributed by atoms with E-state index >= 15 is 0 Å². The summed E-state index contributed by atoms with van der Waals surface area (Å²) in [6.07, 6.45) is 1.07. The van der Waals surface area contributed by atoms with E-state index in [0.29, 0.717) is 5.88 Å². The number of benzene rings is 3. The summed E-state index contributed by atoms with van der Waals surface area (Å²) < 4.78 is 20.4. The maximum absolute atomic E-state index is 11.0. The van der Waals surface area contributed by atoms with Gasteiger partial charge in [-0.3, -0.25) is 4.68 Å². The van der Waals surface area contributed by atoms with E-state index in [4.69, 9.17) is 19.2 Å². The van der Waals surface area contributed by atoms with Crippen molar-refractivity contribution in [1.29, 1.82) is 0 Å². The maximum Gasteiger partial charge on any atom is 0.220 e. The van der Waals surface area contributed by atoms with Crippen LogP contribution in [-0.2, 0) is 16.9 Å². The fourth-order valence-electron chi connectivity index (χ4n) is 5.42. The van der Waals surface area contributed by atoms with Crippen molar-refractivity contribution in [2.75, 3.05) is 20.8 Å². The molecule has 7 nitrogen and oxygen atoms in total. The summed E-state index contributed by atoms with van der Waals surface area (Å²) >= 11 is 3.61. The molecule has 0 fully saturated rings. The van der Waals surface area contributed by atoms with Crippen molar-refractivity contribution in [3.63, 3.8) is 0 Å². The molecule has 0 bridgehead atoms. The topological polar surface area (TPSA) is 78.6 Å². The fraction of sp³-hybridized carbons (Fsp3) is 0.226. The van der Waals surface area contributed by atoms with Crippen LogP contribution in [0.3, 0.4) is 0 Å². The molecule has 3 aromatic carbocycles. The van der Waals surface area contributed by atoms with Crippen molar-refractivity contribution in [1.82, 2.24) is 14.8 Å². The zero-order valence-electron chi connectivity index (χ0n) is 21.9. The standard InChI is InChI=1S/C31H28BrN3O4/c1-31(39-18-21(36)17-35-14-13-26(34-35)19-7-6-8-22(15-19)37-2)25-10-5-4-9-23(25)28-24-16-20(32)11-12-27(24)33-30(38-3)29(28)31/h4-16,21,36H,17-18H2,1-3H3. The predicted molar refractivity (Wildman–Crippen MR) is 154 cm³/mol. The number of halogens is 1. The molecule has 1 N–H and O–H groups in total. The molecule has 0 amide bonds. The minimum Gasteiger partial charge on any atom is -0.497 e. The molecule has 1 aliphatic carbocycles. The minimum absolute atomic E-state index is 0.0955. The number of aromatic nitrogens is 3. The second kappa shape index (κ2) is 10.1. The van der Waals surface area contributed by atoms with E-state index in [0.717, 1.165) is 54.6 Å². The molecule has 39 heavy (non-hydrogen) atoms. The molecule has 2 unspecified atom stereocenters. The van der Waals surface area contributed by atoms with Crippen LogP contribution in [0.5, 0.6) is 11.6 Å². The van der Waals surface area contributed by atoms with E-state index in [2.05, 4.69) is 39.2 Å². The molecular formula is C31H28BrN3O4. The molecule has 6 rings (SSSR count). The zero-order valence-corrected chi connectivity index (χ0v) is 23.5. The molecule has 8 heteroatoms. The molecule has 1 aliphatic rings. The van der Waals surface area contributed by atoms with Crippen LogP contribution in [0.25, 0.3) is 33.3 Å². The Hall–Kier alpha value is -3.72. The minimum atomic E-state index is -0.863. The predicted octanol–water partition coefficient (Wildman–Crippen LogP) is 6.20. The fourth-order valence-corrected chi connectivity index (χ4v) is 5.78. The number of methoxy groups -OCH3 is 2. The Morgan fingerprint density at radius 3 is 2.67 bits per heavy atom. The van der Waals surface area contributed by atoms with Gasteiger partial charge >= 0.3 is 0 Å². The number of pyridine rings is 1. The van der Waals surface area contributed by atoms with Gasteiger partial charge in [0.25, 0.3) is 0 Å². The number of fused-ring (bicyclic) bond motifs is 5. The SMILES string of the molecule is COc1cccc(-c2ccn(CC(O)COC3(C)c4ccccc4-c4c3c(OC)nc3ccc(Br)cc43)n2)c1. The Bertz CT molecular complexity index is 1680. The highest BCUT2D eigenvalue weighted by Crippen LogP contribution is 2.55. The molecule has 2 heterocycles. The molecule has 2 aromatic heterocycles. The number of hydrogen-bond donors (Lipinski definition) is 1. The lowest BCUT2D eigenvalue weighted by Gasteiger charge is -2.30. The third-order valence-electron chi connectivity index (χ3n) is 7.26. The van der Waals surface area contributed by atoms with Gasteiger partial charge in [-0.25, -0.2) is 4.98 Å². The summed E-state index contributed by atoms with van der Waals surface area (Å²) in [6, 6.07) is 23.9. The third-order valence-corrected chi connectivity index (χ3v) is 7.76. The molecule has 0 aliphatic heterocycles. The second-order valence-corrected chi connectivity index (χ2v) is 10.6. The Morgan fingerprint density at radius 1 is 1.00 bits per heavy atom.